The molecule has 1 unspecified atom stereocenters. The molecule has 2 aliphatic rings. The average molecular weight is 368 g/mol. The third-order valence-electron chi connectivity index (χ3n) is 6.09. The molecule has 142 valence electrons. The highest BCUT2D eigenvalue weighted by molar-refractivity contribution is 5.94. The van der Waals surface area contributed by atoms with E-state index in [4.69, 9.17) is 0 Å². The van der Waals surface area contributed by atoms with Crippen LogP contribution in [0.3, 0.4) is 0 Å². The first-order valence-corrected chi connectivity index (χ1v) is 9.51. The number of fused-ring (bicyclic) bond motifs is 1. The number of hydrogen-bond acceptors (Lipinski definition) is 4. The zero-order valence-corrected chi connectivity index (χ0v) is 15.1. The van der Waals surface area contributed by atoms with Crippen molar-refractivity contribution in [2.75, 3.05) is 6.54 Å². The molecular weight excluding hydrogens is 344 g/mol. The minimum atomic E-state index is -0.945. The van der Waals surface area contributed by atoms with Crippen LogP contribution in [0.1, 0.15) is 48.0 Å². The molecule has 0 spiro atoms. The molecule has 1 aromatic heterocycles. The maximum Gasteiger partial charge on any atom is 0.254 e. The molecule has 1 amide bonds. The summed E-state index contributed by atoms with van der Waals surface area (Å²) in [6, 6.07) is 12.1. The number of aliphatic hydroxyl groups is 1. The van der Waals surface area contributed by atoms with Crippen LogP contribution in [-0.2, 0) is 5.60 Å². The standard InChI is InChI=1S/C21H24N2O4/c24-18-12-14(13-19(25)22-18)20(26)23-11-10-21(27,15-6-2-1-3-7-15)16-8-4-5-9-17(16)23/h1-3,6-7,12-13,16-17,27H,4-5,8-11H2,(H2,22,24,25)/t16-,17?,21-/m0/s1. The highest BCUT2D eigenvalue weighted by atomic mass is 16.3. The normalized spacial score (nSPS) is 27.8. The van der Waals surface area contributed by atoms with Crippen LogP contribution in [0.5, 0.6) is 5.88 Å². The zero-order valence-electron chi connectivity index (χ0n) is 15.1. The summed E-state index contributed by atoms with van der Waals surface area (Å²) in [6.07, 6.45) is 4.20. The highest BCUT2D eigenvalue weighted by Gasteiger charge is 2.50. The number of aromatic nitrogens is 1. The summed E-state index contributed by atoms with van der Waals surface area (Å²) in [4.78, 5) is 28.8. The number of amides is 1. The molecule has 6 nitrogen and oxygen atoms in total. The molecule has 27 heavy (non-hydrogen) atoms. The second-order valence-electron chi connectivity index (χ2n) is 7.62. The van der Waals surface area contributed by atoms with Crippen molar-refractivity contribution >= 4 is 5.91 Å². The summed E-state index contributed by atoms with van der Waals surface area (Å²) in [5.41, 5.74) is -0.357. The molecule has 1 aliphatic heterocycles. The summed E-state index contributed by atoms with van der Waals surface area (Å²) in [7, 11) is 0. The molecule has 6 heteroatoms. The van der Waals surface area contributed by atoms with Crippen molar-refractivity contribution in [2.24, 2.45) is 5.92 Å². The van der Waals surface area contributed by atoms with Crippen molar-refractivity contribution in [1.29, 1.82) is 0 Å². The molecule has 1 saturated heterocycles. The predicted octanol–water partition coefficient (Wildman–Crippen LogP) is 2.37. The van der Waals surface area contributed by atoms with Crippen LogP contribution in [0.15, 0.2) is 47.3 Å². The van der Waals surface area contributed by atoms with Gasteiger partial charge in [0, 0.05) is 30.6 Å². The zero-order chi connectivity index (χ0) is 19.0. The minimum absolute atomic E-state index is 0.0399. The van der Waals surface area contributed by atoms with Crippen LogP contribution >= 0.6 is 0 Å². The van der Waals surface area contributed by atoms with E-state index in [1.165, 1.54) is 12.1 Å². The first kappa shape index (κ1) is 17.8. The molecule has 0 bridgehead atoms. The van der Waals surface area contributed by atoms with Crippen molar-refractivity contribution < 1.29 is 15.0 Å². The van der Waals surface area contributed by atoms with Crippen LogP contribution in [0.2, 0.25) is 0 Å². The van der Waals surface area contributed by atoms with Crippen molar-refractivity contribution in [1.82, 2.24) is 9.88 Å². The van der Waals surface area contributed by atoms with E-state index in [-0.39, 0.29) is 29.3 Å². The van der Waals surface area contributed by atoms with Gasteiger partial charge >= 0.3 is 0 Å². The number of pyridine rings is 1. The molecule has 3 atom stereocenters. The van der Waals surface area contributed by atoms with Crippen LogP contribution < -0.4 is 5.56 Å². The third kappa shape index (κ3) is 3.14. The van der Waals surface area contributed by atoms with E-state index in [1.54, 1.807) is 4.90 Å². The summed E-state index contributed by atoms with van der Waals surface area (Å²) >= 11 is 0. The number of nitrogens with one attached hydrogen (secondary N) is 1. The number of aromatic amines is 1. The lowest BCUT2D eigenvalue weighted by Gasteiger charge is -2.52. The minimum Gasteiger partial charge on any atom is -0.494 e. The molecule has 1 saturated carbocycles. The number of rotatable bonds is 2. The van der Waals surface area contributed by atoms with Crippen LogP contribution in [-0.4, -0.2) is 38.6 Å². The van der Waals surface area contributed by atoms with E-state index in [0.29, 0.717) is 13.0 Å². The predicted molar refractivity (Wildman–Crippen MR) is 100 cm³/mol. The molecule has 2 heterocycles. The quantitative estimate of drug-likeness (QED) is 0.759. The van der Waals surface area contributed by atoms with Crippen molar-refractivity contribution in [3.8, 4) is 5.88 Å². The lowest BCUT2D eigenvalue weighted by atomic mass is 9.66. The Bertz CT molecular complexity index is 895. The Kier molecular flexibility index (Phi) is 4.52. The van der Waals surface area contributed by atoms with Gasteiger partial charge in [-0.3, -0.25) is 14.6 Å². The maximum absolute atomic E-state index is 13.1. The van der Waals surface area contributed by atoms with Gasteiger partial charge in [0.2, 0.25) is 0 Å². The van der Waals surface area contributed by atoms with Crippen molar-refractivity contribution in [2.45, 2.75) is 43.7 Å². The fraction of sp³-hybridized carbons (Fsp3) is 0.429. The molecule has 0 radical (unpaired) electrons. The highest BCUT2D eigenvalue weighted by Crippen LogP contribution is 2.47. The largest absolute Gasteiger partial charge is 0.494 e. The lowest BCUT2D eigenvalue weighted by molar-refractivity contribution is -0.110. The number of H-pyrrole nitrogens is 1. The first-order valence-electron chi connectivity index (χ1n) is 9.51. The van der Waals surface area contributed by atoms with Gasteiger partial charge in [0.25, 0.3) is 11.5 Å². The number of likely N-dealkylation sites (tertiary alicyclic amines) is 1. The Labute approximate surface area is 157 Å². The van der Waals surface area contributed by atoms with E-state index in [1.807, 2.05) is 30.3 Å². The number of carbonyl (C=O) groups is 1. The summed E-state index contributed by atoms with van der Waals surface area (Å²) < 4.78 is 0. The van der Waals surface area contributed by atoms with E-state index in [2.05, 4.69) is 4.98 Å². The first-order chi connectivity index (χ1) is 13.0. The second-order valence-corrected chi connectivity index (χ2v) is 7.62. The molecule has 2 fully saturated rings. The Morgan fingerprint density at radius 2 is 1.89 bits per heavy atom. The Morgan fingerprint density at radius 1 is 1.15 bits per heavy atom. The summed E-state index contributed by atoms with van der Waals surface area (Å²) in [5, 5.41) is 21.2. The number of aromatic hydroxyl groups is 1. The van der Waals surface area contributed by atoms with Crippen LogP contribution in [0.25, 0.3) is 0 Å². The van der Waals surface area contributed by atoms with Gasteiger partial charge in [-0.2, -0.15) is 0 Å². The molecule has 3 N–H and O–H groups in total. The topological polar surface area (TPSA) is 93.6 Å². The SMILES string of the molecule is O=C(c1cc(O)[nH]c(=O)c1)N1CC[C@](O)(c2ccccc2)[C@H]2CCCCC21. The van der Waals surface area contributed by atoms with E-state index in [0.717, 1.165) is 31.2 Å². The molecule has 4 rings (SSSR count). The molecule has 1 aliphatic carbocycles. The maximum atomic E-state index is 13.1. The van der Waals surface area contributed by atoms with Gasteiger partial charge in [-0.15, -0.1) is 0 Å². The summed E-state index contributed by atoms with van der Waals surface area (Å²) in [5.74, 6) is -0.616. The fourth-order valence-corrected chi connectivity index (χ4v) is 4.84. The van der Waals surface area contributed by atoms with Gasteiger partial charge in [0.05, 0.1) is 11.2 Å². The van der Waals surface area contributed by atoms with E-state index >= 15 is 0 Å². The van der Waals surface area contributed by atoms with Crippen LogP contribution in [0, 0.1) is 5.92 Å². The number of hydrogen-bond donors (Lipinski definition) is 3. The lowest BCUT2D eigenvalue weighted by Crippen LogP contribution is -2.59. The van der Waals surface area contributed by atoms with Gasteiger partial charge < -0.3 is 15.1 Å². The fourth-order valence-electron chi connectivity index (χ4n) is 4.84. The van der Waals surface area contributed by atoms with E-state index in [9.17, 15) is 19.8 Å². The smallest absolute Gasteiger partial charge is 0.254 e. The van der Waals surface area contributed by atoms with E-state index < -0.39 is 11.2 Å². The Balaban J connectivity index is 1.67. The van der Waals surface area contributed by atoms with Crippen molar-refractivity contribution in [3.05, 3.63) is 63.9 Å². The van der Waals surface area contributed by atoms with Gasteiger partial charge in [-0.25, -0.2) is 0 Å². The van der Waals surface area contributed by atoms with Gasteiger partial charge in [-0.1, -0.05) is 43.2 Å². The van der Waals surface area contributed by atoms with Crippen molar-refractivity contribution in [3.63, 3.8) is 0 Å². The van der Waals surface area contributed by atoms with Gasteiger partial charge in [0.1, 0.15) is 0 Å². The molecule has 2 aromatic rings. The Morgan fingerprint density at radius 3 is 2.63 bits per heavy atom. The number of piperidine rings is 1. The van der Waals surface area contributed by atoms with Gasteiger partial charge in [0.15, 0.2) is 5.88 Å². The number of carbonyl (C=O) groups excluding carboxylic acids is 1. The third-order valence-corrected chi connectivity index (χ3v) is 6.09. The number of nitrogens with zero attached hydrogens (tertiary/aromatic N) is 1. The molecular formula is C21H24N2O4. The Hall–Kier alpha value is -2.60. The van der Waals surface area contributed by atoms with Gasteiger partial charge in [-0.05, 0) is 24.8 Å². The van der Waals surface area contributed by atoms with Crippen LogP contribution in [0.4, 0.5) is 0 Å². The second kappa shape index (κ2) is 6.85. The number of benzene rings is 1. The monoisotopic (exact) mass is 368 g/mol. The molecule has 1 aromatic carbocycles. The average Bonchev–Trinajstić information content (AvgIpc) is 2.68. The summed E-state index contributed by atoms with van der Waals surface area (Å²) in [6.45, 7) is 0.416.